The maximum absolute atomic E-state index is 13.7. The van der Waals surface area contributed by atoms with E-state index in [1.165, 1.54) is 18.2 Å². The molecule has 2 rings (SSSR count). The van der Waals surface area contributed by atoms with Gasteiger partial charge in [0.1, 0.15) is 11.9 Å². The fraction of sp³-hybridized carbons (Fsp3) is 0.263. The molecule has 0 aliphatic carbocycles. The van der Waals surface area contributed by atoms with Crippen LogP contribution in [0.5, 0.6) is 0 Å². The highest BCUT2D eigenvalue weighted by molar-refractivity contribution is 6.30. The third-order valence-corrected chi connectivity index (χ3v) is 3.99. The summed E-state index contributed by atoms with van der Waals surface area (Å²) in [4.78, 5) is 24.7. The SMILES string of the molecule is CC(C)[C@@H](NC(=O)c1ccccc1F)C(=O)NCc1ccc(Cl)cc1. The normalized spacial score (nSPS) is 11.9. The first-order valence-corrected chi connectivity index (χ1v) is 8.34. The first-order valence-electron chi connectivity index (χ1n) is 7.96. The molecule has 2 aromatic rings. The first kappa shape index (κ1) is 18.9. The second-order valence-corrected chi connectivity index (χ2v) is 6.46. The van der Waals surface area contributed by atoms with Crippen LogP contribution in [0.25, 0.3) is 0 Å². The quantitative estimate of drug-likeness (QED) is 0.825. The molecule has 0 saturated carbocycles. The molecule has 0 saturated heterocycles. The number of rotatable bonds is 6. The van der Waals surface area contributed by atoms with E-state index < -0.39 is 17.8 Å². The van der Waals surface area contributed by atoms with Gasteiger partial charge in [-0.3, -0.25) is 9.59 Å². The van der Waals surface area contributed by atoms with E-state index in [1.807, 2.05) is 26.0 Å². The third kappa shape index (κ3) is 5.29. The maximum atomic E-state index is 13.7. The minimum atomic E-state index is -0.764. The molecule has 0 spiro atoms. The minimum Gasteiger partial charge on any atom is -0.350 e. The second kappa shape index (κ2) is 8.62. The Kier molecular flexibility index (Phi) is 6.53. The highest BCUT2D eigenvalue weighted by atomic mass is 35.5. The van der Waals surface area contributed by atoms with Gasteiger partial charge in [-0.15, -0.1) is 0 Å². The summed E-state index contributed by atoms with van der Waals surface area (Å²) in [6, 6.07) is 12.0. The number of halogens is 2. The Labute approximate surface area is 151 Å². The molecule has 0 aliphatic rings. The molecule has 0 fully saturated rings. The molecule has 6 heteroatoms. The maximum Gasteiger partial charge on any atom is 0.254 e. The Hall–Kier alpha value is -2.40. The van der Waals surface area contributed by atoms with Crippen LogP contribution in [-0.2, 0) is 11.3 Å². The van der Waals surface area contributed by atoms with Crippen molar-refractivity contribution in [2.24, 2.45) is 5.92 Å². The predicted octanol–water partition coefficient (Wildman–Crippen LogP) is 3.55. The van der Waals surface area contributed by atoms with E-state index in [9.17, 15) is 14.0 Å². The number of nitrogens with one attached hydrogen (secondary N) is 2. The van der Waals surface area contributed by atoms with Crippen LogP contribution in [0.3, 0.4) is 0 Å². The van der Waals surface area contributed by atoms with Crippen molar-refractivity contribution in [2.45, 2.75) is 26.4 Å². The van der Waals surface area contributed by atoms with E-state index in [4.69, 9.17) is 11.6 Å². The van der Waals surface area contributed by atoms with Crippen molar-refractivity contribution < 1.29 is 14.0 Å². The molecular weight excluding hydrogens is 343 g/mol. The fourth-order valence-corrected chi connectivity index (χ4v) is 2.43. The molecule has 0 heterocycles. The minimum absolute atomic E-state index is 0.0846. The van der Waals surface area contributed by atoms with Gasteiger partial charge in [-0.25, -0.2) is 4.39 Å². The molecule has 0 aromatic heterocycles. The van der Waals surface area contributed by atoms with Gasteiger partial charge in [0.05, 0.1) is 5.56 Å². The number of carbonyl (C=O) groups is 2. The van der Waals surface area contributed by atoms with Crippen molar-refractivity contribution in [3.63, 3.8) is 0 Å². The summed E-state index contributed by atoms with van der Waals surface area (Å²) in [5.41, 5.74) is 0.805. The summed E-state index contributed by atoms with van der Waals surface area (Å²) in [5.74, 6) is -1.71. The van der Waals surface area contributed by atoms with Crippen LogP contribution < -0.4 is 10.6 Å². The number of benzene rings is 2. The number of hydrogen-bond acceptors (Lipinski definition) is 2. The lowest BCUT2D eigenvalue weighted by Gasteiger charge is -2.22. The van der Waals surface area contributed by atoms with Crippen molar-refractivity contribution in [2.75, 3.05) is 0 Å². The van der Waals surface area contributed by atoms with Gasteiger partial charge in [0.25, 0.3) is 5.91 Å². The summed E-state index contributed by atoms with van der Waals surface area (Å²) in [6.07, 6.45) is 0. The van der Waals surface area contributed by atoms with Gasteiger partial charge in [0, 0.05) is 11.6 Å². The second-order valence-electron chi connectivity index (χ2n) is 6.02. The molecule has 1 atom stereocenters. The monoisotopic (exact) mass is 362 g/mol. The Morgan fingerprint density at radius 2 is 1.72 bits per heavy atom. The molecule has 0 bridgehead atoms. The fourth-order valence-electron chi connectivity index (χ4n) is 2.30. The average Bonchev–Trinajstić information content (AvgIpc) is 2.58. The van der Waals surface area contributed by atoms with Crippen LogP contribution in [0, 0.1) is 11.7 Å². The number of carbonyl (C=O) groups excluding carboxylic acids is 2. The lowest BCUT2D eigenvalue weighted by atomic mass is 10.0. The van der Waals surface area contributed by atoms with Crippen LogP contribution in [0.2, 0.25) is 5.02 Å². The van der Waals surface area contributed by atoms with Crippen LogP contribution >= 0.6 is 11.6 Å². The summed E-state index contributed by atoms with van der Waals surface area (Å²) >= 11 is 5.83. The molecule has 132 valence electrons. The van der Waals surface area contributed by atoms with E-state index in [0.717, 1.165) is 5.56 Å². The Morgan fingerprint density at radius 3 is 2.32 bits per heavy atom. The van der Waals surface area contributed by atoms with Crippen LogP contribution in [0.4, 0.5) is 4.39 Å². The standard InChI is InChI=1S/C19H20ClFN2O2/c1-12(2)17(23-18(24)15-5-3-4-6-16(15)21)19(25)22-11-13-7-9-14(20)10-8-13/h3-10,12,17H,11H2,1-2H3,(H,22,25)(H,23,24)/t17-/m1/s1. The number of amides is 2. The third-order valence-electron chi connectivity index (χ3n) is 3.73. The zero-order chi connectivity index (χ0) is 18.4. The van der Waals surface area contributed by atoms with Crippen molar-refractivity contribution in [1.29, 1.82) is 0 Å². The molecule has 0 unspecified atom stereocenters. The highest BCUT2D eigenvalue weighted by Gasteiger charge is 2.25. The van der Waals surface area contributed by atoms with E-state index in [-0.39, 0.29) is 17.4 Å². The van der Waals surface area contributed by atoms with Crippen molar-refractivity contribution in [1.82, 2.24) is 10.6 Å². The van der Waals surface area contributed by atoms with Gasteiger partial charge in [-0.1, -0.05) is 49.7 Å². The topological polar surface area (TPSA) is 58.2 Å². The van der Waals surface area contributed by atoms with Crippen molar-refractivity contribution in [3.05, 3.63) is 70.5 Å². The zero-order valence-electron chi connectivity index (χ0n) is 14.1. The number of hydrogen-bond donors (Lipinski definition) is 2. The molecule has 0 aliphatic heterocycles. The van der Waals surface area contributed by atoms with E-state index in [2.05, 4.69) is 10.6 Å². The summed E-state index contributed by atoms with van der Waals surface area (Å²) in [5, 5.41) is 6.01. The Morgan fingerprint density at radius 1 is 1.08 bits per heavy atom. The zero-order valence-corrected chi connectivity index (χ0v) is 14.8. The molecule has 25 heavy (non-hydrogen) atoms. The van der Waals surface area contributed by atoms with Gasteiger partial charge < -0.3 is 10.6 Å². The van der Waals surface area contributed by atoms with Gasteiger partial charge in [0.2, 0.25) is 5.91 Å². The average molecular weight is 363 g/mol. The molecule has 4 nitrogen and oxygen atoms in total. The van der Waals surface area contributed by atoms with Crippen molar-refractivity contribution in [3.8, 4) is 0 Å². The lowest BCUT2D eigenvalue weighted by Crippen LogP contribution is -2.49. The summed E-state index contributed by atoms with van der Waals surface area (Å²) < 4.78 is 13.7. The molecule has 2 N–H and O–H groups in total. The predicted molar refractivity (Wildman–Crippen MR) is 95.8 cm³/mol. The molecular formula is C19H20ClFN2O2. The largest absolute Gasteiger partial charge is 0.350 e. The van der Waals surface area contributed by atoms with Crippen LogP contribution in [0.1, 0.15) is 29.8 Å². The summed E-state index contributed by atoms with van der Waals surface area (Å²) in [6.45, 7) is 3.94. The highest BCUT2D eigenvalue weighted by Crippen LogP contribution is 2.11. The van der Waals surface area contributed by atoms with Gasteiger partial charge >= 0.3 is 0 Å². The van der Waals surface area contributed by atoms with E-state index >= 15 is 0 Å². The molecule has 0 radical (unpaired) electrons. The van der Waals surface area contributed by atoms with Gasteiger partial charge in [0.15, 0.2) is 0 Å². The van der Waals surface area contributed by atoms with E-state index in [0.29, 0.717) is 11.6 Å². The van der Waals surface area contributed by atoms with Crippen LogP contribution in [0.15, 0.2) is 48.5 Å². The molecule has 2 aromatic carbocycles. The molecule has 2 amide bonds. The summed E-state index contributed by atoms with van der Waals surface area (Å²) in [7, 11) is 0. The van der Waals surface area contributed by atoms with Gasteiger partial charge in [-0.05, 0) is 35.7 Å². The van der Waals surface area contributed by atoms with Gasteiger partial charge in [-0.2, -0.15) is 0 Å². The van der Waals surface area contributed by atoms with Crippen LogP contribution in [-0.4, -0.2) is 17.9 Å². The smallest absolute Gasteiger partial charge is 0.254 e. The first-order chi connectivity index (χ1) is 11.9. The Balaban J connectivity index is 2.01. The van der Waals surface area contributed by atoms with E-state index in [1.54, 1.807) is 18.2 Å². The lowest BCUT2D eigenvalue weighted by molar-refractivity contribution is -0.124. The Bertz CT molecular complexity index is 747. The van der Waals surface area contributed by atoms with Crippen molar-refractivity contribution >= 4 is 23.4 Å².